The molecular weight excluding hydrogens is 509 g/mol. The summed E-state index contributed by atoms with van der Waals surface area (Å²) in [5.41, 5.74) is 0.210. The highest BCUT2D eigenvalue weighted by Crippen LogP contribution is 2.40. The number of alkyl halides is 3. The molecule has 37 heavy (non-hydrogen) atoms. The van der Waals surface area contributed by atoms with E-state index in [2.05, 4.69) is 10.6 Å². The molecule has 2 aliphatic rings. The zero-order chi connectivity index (χ0) is 26.6. The summed E-state index contributed by atoms with van der Waals surface area (Å²) in [7, 11) is 0. The Morgan fingerprint density at radius 2 is 1.65 bits per heavy atom. The van der Waals surface area contributed by atoms with Crippen molar-refractivity contribution < 1.29 is 37.4 Å². The number of carbonyl (C=O) groups excluding carboxylic acids is 2. The summed E-state index contributed by atoms with van der Waals surface area (Å²) in [6, 6.07) is 10.2. The van der Waals surface area contributed by atoms with Gasteiger partial charge in [-0.1, -0.05) is 0 Å². The Balaban J connectivity index is 1.16. The number of nitrogens with one attached hydrogen (secondary N) is 2. The molecule has 3 N–H and O–H groups in total. The van der Waals surface area contributed by atoms with Crippen LogP contribution in [0.1, 0.15) is 47.2 Å². The van der Waals surface area contributed by atoms with E-state index < -0.39 is 23.0 Å². The lowest BCUT2D eigenvalue weighted by Gasteiger charge is -2.26. The second kappa shape index (κ2) is 11.5. The Hall–Kier alpha value is -3.21. The fourth-order valence-corrected chi connectivity index (χ4v) is 5.65. The van der Waals surface area contributed by atoms with Gasteiger partial charge in [0.2, 0.25) is 5.91 Å². The molecule has 0 spiro atoms. The van der Waals surface area contributed by atoms with Crippen molar-refractivity contribution in [2.75, 3.05) is 13.1 Å². The normalized spacial score (nSPS) is 21.1. The summed E-state index contributed by atoms with van der Waals surface area (Å²) in [6.45, 7) is 0.379. The Bertz CT molecular complexity index is 1150. The number of amides is 2. The van der Waals surface area contributed by atoms with Crippen molar-refractivity contribution in [1.82, 2.24) is 10.6 Å². The minimum atomic E-state index is -4.42. The molecule has 0 bridgehead atoms. The molecule has 11 heteroatoms. The monoisotopic (exact) mass is 536 g/mol. The lowest BCUT2D eigenvalue weighted by molar-refractivity contribution is -0.143. The molecule has 1 aliphatic heterocycles. The maximum absolute atomic E-state index is 12.9. The third-order valence-corrected chi connectivity index (χ3v) is 7.82. The molecule has 198 valence electrons. The van der Waals surface area contributed by atoms with Crippen molar-refractivity contribution in [3.63, 3.8) is 0 Å². The van der Waals surface area contributed by atoms with Gasteiger partial charge < -0.3 is 20.5 Å². The van der Waals surface area contributed by atoms with Crippen molar-refractivity contribution in [3.8, 4) is 5.75 Å². The van der Waals surface area contributed by atoms with Crippen LogP contribution in [0.15, 0.2) is 47.4 Å². The smallest absolute Gasteiger partial charge is 0.416 e. The predicted molar refractivity (Wildman–Crippen MR) is 131 cm³/mol. The molecule has 1 aliphatic carbocycles. The van der Waals surface area contributed by atoms with Gasteiger partial charge in [-0.05, 0) is 80.1 Å². The lowest BCUT2D eigenvalue weighted by atomic mass is 9.87. The highest BCUT2D eigenvalue weighted by Gasteiger charge is 2.34. The Morgan fingerprint density at radius 3 is 2.30 bits per heavy atom. The van der Waals surface area contributed by atoms with E-state index in [0.29, 0.717) is 47.5 Å². The van der Waals surface area contributed by atoms with Gasteiger partial charge in [-0.2, -0.15) is 13.2 Å². The number of hydrogen-bond acceptors (Lipinski definition) is 5. The number of carboxylic acids is 1. The van der Waals surface area contributed by atoms with E-state index in [1.54, 1.807) is 24.3 Å². The van der Waals surface area contributed by atoms with E-state index in [-0.39, 0.29) is 43.3 Å². The maximum atomic E-state index is 12.9. The zero-order valence-corrected chi connectivity index (χ0v) is 20.7. The number of carboxylic acid groups (broad SMARTS) is 1. The number of fused-ring (bicyclic) bond motifs is 1. The molecule has 0 aromatic heterocycles. The van der Waals surface area contributed by atoms with Crippen LogP contribution >= 0.6 is 11.8 Å². The van der Waals surface area contributed by atoms with E-state index in [0.717, 1.165) is 12.1 Å². The van der Waals surface area contributed by atoms with Crippen molar-refractivity contribution in [3.05, 3.63) is 59.2 Å². The number of aliphatic carboxylic acids is 1. The molecule has 2 aromatic rings. The molecule has 1 heterocycles. The molecule has 0 radical (unpaired) electrons. The van der Waals surface area contributed by atoms with Gasteiger partial charge in [-0.15, -0.1) is 11.8 Å². The fourth-order valence-electron chi connectivity index (χ4n) is 4.45. The zero-order valence-electron chi connectivity index (χ0n) is 19.8. The van der Waals surface area contributed by atoms with Crippen LogP contribution in [-0.4, -0.2) is 47.3 Å². The summed E-state index contributed by atoms with van der Waals surface area (Å²) < 4.78 is 44.6. The largest absolute Gasteiger partial charge is 0.490 e. The first-order valence-electron chi connectivity index (χ1n) is 12.0. The SMILES string of the molecule is O=C(NCCNC(=O)C1Cc2cc(C(F)(F)F)ccc2S1)c1ccc(OC2CCC(C(=O)O)CC2)cc1. The summed E-state index contributed by atoms with van der Waals surface area (Å²) >= 11 is 1.24. The number of benzene rings is 2. The highest BCUT2D eigenvalue weighted by atomic mass is 32.2. The molecule has 1 unspecified atom stereocenters. The topological polar surface area (TPSA) is 105 Å². The third-order valence-electron chi connectivity index (χ3n) is 6.51. The number of hydrogen-bond donors (Lipinski definition) is 3. The molecule has 1 fully saturated rings. The Labute approximate surface area is 216 Å². The molecule has 2 amide bonds. The van der Waals surface area contributed by atoms with Crippen LogP contribution in [0.5, 0.6) is 5.75 Å². The summed E-state index contributed by atoms with van der Waals surface area (Å²) in [6.07, 6.45) is -1.73. The van der Waals surface area contributed by atoms with Crippen LogP contribution in [0.4, 0.5) is 13.2 Å². The van der Waals surface area contributed by atoms with Crippen LogP contribution in [0, 0.1) is 5.92 Å². The summed E-state index contributed by atoms with van der Waals surface area (Å²) in [4.78, 5) is 36.6. The predicted octanol–water partition coefficient (Wildman–Crippen LogP) is 4.29. The Kier molecular flexibility index (Phi) is 8.31. The minimum Gasteiger partial charge on any atom is -0.490 e. The minimum absolute atomic E-state index is 0.0450. The molecule has 0 saturated heterocycles. The van der Waals surface area contributed by atoms with E-state index >= 15 is 0 Å². The van der Waals surface area contributed by atoms with Crippen molar-refractivity contribution in [1.29, 1.82) is 0 Å². The van der Waals surface area contributed by atoms with Crippen LogP contribution < -0.4 is 15.4 Å². The van der Waals surface area contributed by atoms with Crippen molar-refractivity contribution in [2.24, 2.45) is 5.92 Å². The first-order chi connectivity index (χ1) is 17.6. The van der Waals surface area contributed by atoms with Crippen LogP contribution in [0.3, 0.4) is 0 Å². The number of ether oxygens (including phenoxy) is 1. The van der Waals surface area contributed by atoms with Crippen LogP contribution in [-0.2, 0) is 22.2 Å². The van der Waals surface area contributed by atoms with Gasteiger partial charge in [0.25, 0.3) is 5.91 Å². The first kappa shape index (κ1) is 26.8. The van der Waals surface area contributed by atoms with Crippen LogP contribution in [0.25, 0.3) is 0 Å². The molecule has 1 atom stereocenters. The van der Waals surface area contributed by atoms with Crippen molar-refractivity contribution in [2.45, 2.75) is 54.5 Å². The number of carbonyl (C=O) groups is 3. The second-order valence-corrected chi connectivity index (χ2v) is 10.4. The van der Waals surface area contributed by atoms with E-state index in [9.17, 15) is 27.6 Å². The van der Waals surface area contributed by atoms with E-state index in [1.807, 2.05) is 0 Å². The number of halogens is 3. The van der Waals surface area contributed by atoms with Gasteiger partial charge >= 0.3 is 12.1 Å². The van der Waals surface area contributed by atoms with Crippen LogP contribution in [0.2, 0.25) is 0 Å². The molecule has 7 nitrogen and oxygen atoms in total. The van der Waals surface area contributed by atoms with Gasteiger partial charge in [-0.25, -0.2) is 0 Å². The molecule has 1 saturated carbocycles. The second-order valence-electron chi connectivity index (χ2n) is 9.13. The van der Waals surface area contributed by atoms with E-state index in [4.69, 9.17) is 9.84 Å². The number of rotatable bonds is 8. The quantitative estimate of drug-likeness (QED) is 0.435. The molecular formula is C26H27F3N2O5S. The first-order valence-corrected chi connectivity index (χ1v) is 12.9. The lowest BCUT2D eigenvalue weighted by Crippen LogP contribution is -2.38. The highest BCUT2D eigenvalue weighted by molar-refractivity contribution is 8.01. The van der Waals surface area contributed by atoms with Gasteiger partial charge in [0.05, 0.1) is 22.8 Å². The van der Waals surface area contributed by atoms with Crippen molar-refractivity contribution >= 4 is 29.5 Å². The number of thioether (sulfide) groups is 1. The van der Waals surface area contributed by atoms with Gasteiger partial charge in [0.15, 0.2) is 0 Å². The third kappa shape index (κ3) is 6.97. The van der Waals surface area contributed by atoms with E-state index in [1.165, 1.54) is 17.8 Å². The summed E-state index contributed by atoms with van der Waals surface area (Å²) in [5, 5.41) is 14.0. The van der Waals surface area contributed by atoms with Gasteiger partial charge in [-0.3, -0.25) is 14.4 Å². The summed E-state index contributed by atoms with van der Waals surface area (Å²) in [5.74, 6) is -1.07. The average Bonchev–Trinajstić information content (AvgIpc) is 3.30. The standard InChI is InChI=1S/C26H27F3N2O5S/c27-26(28,29)18-5-10-21-17(13-18)14-22(37-21)24(33)31-12-11-30-23(32)15-1-6-19(7-2-15)36-20-8-3-16(4-9-20)25(34)35/h1-2,5-7,10,13,16,20,22H,3-4,8-9,11-12,14H2,(H,30,32)(H,31,33)(H,34,35). The maximum Gasteiger partial charge on any atom is 0.416 e. The Morgan fingerprint density at radius 1 is 0.973 bits per heavy atom. The fraction of sp³-hybridized carbons (Fsp3) is 0.423. The molecule has 2 aromatic carbocycles. The molecule has 4 rings (SSSR count). The van der Waals surface area contributed by atoms with Gasteiger partial charge in [0.1, 0.15) is 5.75 Å². The average molecular weight is 537 g/mol. The van der Waals surface area contributed by atoms with Gasteiger partial charge in [0, 0.05) is 23.5 Å².